The van der Waals surface area contributed by atoms with Crippen LogP contribution in [0.15, 0.2) is 18.2 Å². The molecule has 2 unspecified atom stereocenters. The minimum atomic E-state index is -0.120. The van der Waals surface area contributed by atoms with Crippen LogP contribution in [0, 0.1) is 17.8 Å². The number of ether oxygens (including phenoxy) is 5. The van der Waals surface area contributed by atoms with Crippen molar-refractivity contribution in [2.75, 3.05) is 47.1 Å². The van der Waals surface area contributed by atoms with Crippen molar-refractivity contribution in [3.8, 4) is 17.2 Å². The zero-order chi connectivity index (χ0) is 21.9. The van der Waals surface area contributed by atoms with E-state index in [9.17, 15) is 4.79 Å². The average molecular weight is 424 g/mol. The zero-order valence-corrected chi connectivity index (χ0v) is 18.9. The van der Waals surface area contributed by atoms with Gasteiger partial charge in [0.25, 0.3) is 0 Å². The first kappa shape index (κ1) is 24.3. The molecule has 0 amide bonds. The lowest BCUT2D eigenvalue weighted by molar-refractivity contribution is -0.149. The van der Waals surface area contributed by atoms with E-state index in [0.29, 0.717) is 43.8 Å². The van der Waals surface area contributed by atoms with Gasteiger partial charge in [0.1, 0.15) is 11.9 Å². The maximum atomic E-state index is 12.3. The topological polar surface area (TPSA) is 75.3 Å². The van der Waals surface area contributed by atoms with E-state index in [2.05, 4.69) is 19.2 Å². The van der Waals surface area contributed by atoms with Crippen molar-refractivity contribution in [1.82, 2.24) is 5.32 Å². The molecule has 30 heavy (non-hydrogen) atoms. The molecule has 7 nitrogen and oxygen atoms in total. The van der Waals surface area contributed by atoms with Gasteiger partial charge < -0.3 is 29.0 Å². The highest BCUT2D eigenvalue weighted by Gasteiger charge is 2.36. The number of rotatable bonds is 13. The molecule has 0 bridgehead atoms. The third-order valence-corrected chi connectivity index (χ3v) is 5.38. The second-order valence-corrected chi connectivity index (χ2v) is 7.92. The molecule has 0 saturated carbocycles. The van der Waals surface area contributed by atoms with Gasteiger partial charge >= 0.3 is 5.97 Å². The van der Waals surface area contributed by atoms with Gasteiger partial charge in [-0.1, -0.05) is 13.8 Å². The van der Waals surface area contributed by atoms with Gasteiger partial charge in [0.15, 0.2) is 11.5 Å². The molecule has 1 fully saturated rings. The van der Waals surface area contributed by atoms with Crippen LogP contribution in [0.4, 0.5) is 0 Å². The van der Waals surface area contributed by atoms with Gasteiger partial charge in [0.05, 0.1) is 26.2 Å². The lowest BCUT2D eigenvalue weighted by Crippen LogP contribution is -2.32. The molecule has 0 aromatic heterocycles. The van der Waals surface area contributed by atoms with E-state index in [0.717, 1.165) is 25.1 Å². The summed E-state index contributed by atoms with van der Waals surface area (Å²) in [6, 6.07) is 5.62. The van der Waals surface area contributed by atoms with E-state index in [1.54, 1.807) is 14.2 Å². The van der Waals surface area contributed by atoms with Crippen LogP contribution in [0.3, 0.4) is 0 Å². The van der Waals surface area contributed by atoms with Gasteiger partial charge in [-0.05, 0) is 43.9 Å². The van der Waals surface area contributed by atoms with Crippen molar-refractivity contribution in [3.05, 3.63) is 18.2 Å². The molecule has 0 aliphatic carbocycles. The lowest BCUT2D eigenvalue weighted by Gasteiger charge is -2.27. The van der Waals surface area contributed by atoms with Gasteiger partial charge in [0, 0.05) is 32.7 Å². The highest BCUT2D eigenvalue weighted by atomic mass is 16.5. The van der Waals surface area contributed by atoms with Gasteiger partial charge in [-0.15, -0.1) is 0 Å². The first-order valence-corrected chi connectivity index (χ1v) is 10.8. The normalized spacial score (nSPS) is 19.5. The number of nitrogens with one attached hydrogen (secondary N) is 1. The Morgan fingerprint density at radius 1 is 1.17 bits per heavy atom. The number of carbonyl (C=O) groups excluding carboxylic acids is 1. The number of carbonyl (C=O) groups is 1. The van der Waals surface area contributed by atoms with Crippen LogP contribution in [0.25, 0.3) is 0 Å². The van der Waals surface area contributed by atoms with Crippen LogP contribution in [0.5, 0.6) is 17.2 Å². The number of esters is 1. The van der Waals surface area contributed by atoms with Crippen molar-refractivity contribution in [3.63, 3.8) is 0 Å². The summed E-state index contributed by atoms with van der Waals surface area (Å²) in [7, 11) is 3.30. The Balaban J connectivity index is 2.05. The van der Waals surface area contributed by atoms with E-state index < -0.39 is 0 Å². The first-order valence-electron chi connectivity index (χ1n) is 10.8. The molecule has 1 saturated heterocycles. The summed E-state index contributed by atoms with van der Waals surface area (Å²) in [5, 5.41) is 3.32. The number of hydrogen-bond donors (Lipinski definition) is 1. The predicted octanol–water partition coefficient (Wildman–Crippen LogP) is 3.30. The standard InChI is InChI=1S/C23H37NO6/c1-6-28-23(25)19-15-24-14-17(19)12-21(16(2)3)30-18-8-9-20(27-5)22(13-18)29-11-7-10-26-4/h8-9,13,16-17,19,21,24H,6-7,10-12,14-15H2,1-5H3/t17?,19?,21-/m0/s1. The smallest absolute Gasteiger partial charge is 0.310 e. The monoisotopic (exact) mass is 423 g/mol. The van der Waals surface area contributed by atoms with E-state index in [1.807, 2.05) is 25.1 Å². The van der Waals surface area contributed by atoms with Crippen LogP contribution < -0.4 is 19.5 Å². The van der Waals surface area contributed by atoms with Crippen LogP contribution in [0.2, 0.25) is 0 Å². The summed E-state index contributed by atoms with van der Waals surface area (Å²) in [4.78, 5) is 12.3. The van der Waals surface area contributed by atoms with Crippen LogP contribution in [0.1, 0.15) is 33.6 Å². The molecule has 0 radical (unpaired) electrons. The Kier molecular flexibility index (Phi) is 10.2. The Hall–Kier alpha value is -1.99. The fraction of sp³-hybridized carbons (Fsp3) is 0.696. The first-order chi connectivity index (χ1) is 14.5. The highest BCUT2D eigenvalue weighted by Crippen LogP contribution is 2.34. The molecule has 1 aliphatic rings. The molecule has 1 aromatic rings. The molecule has 7 heteroatoms. The molecule has 170 valence electrons. The summed E-state index contributed by atoms with van der Waals surface area (Å²) in [6.45, 7) is 9.17. The van der Waals surface area contributed by atoms with Crippen molar-refractivity contribution >= 4 is 5.97 Å². The predicted molar refractivity (Wildman–Crippen MR) is 115 cm³/mol. The number of methoxy groups -OCH3 is 2. The van der Waals surface area contributed by atoms with E-state index in [-0.39, 0.29) is 23.9 Å². The van der Waals surface area contributed by atoms with Crippen molar-refractivity contribution in [2.45, 2.75) is 39.7 Å². The van der Waals surface area contributed by atoms with Gasteiger partial charge in [-0.25, -0.2) is 0 Å². The molecule has 1 heterocycles. The van der Waals surface area contributed by atoms with Crippen molar-refractivity contribution < 1.29 is 28.5 Å². The summed E-state index contributed by atoms with van der Waals surface area (Å²) < 4.78 is 28.0. The van der Waals surface area contributed by atoms with Crippen LogP contribution >= 0.6 is 0 Å². The second kappa shape index (κ2) is 12.6. The fourth-order valence-corrected chi connectivity index (χ4v) is 3.66. The minimum Gasteiger partial charge on any atom is -0.493 e. The molecule has 0 spiro atoms. The SMILES string of the molecule is CCOC(=O)C1CNCC1C[C@H](Oc1ccc(OC)c(OCCCOC)c1)C(C)C. The van der Waals surface area contributed by atoms with Crippen molar-refractivity contribution in [1.29, 1.82) is 0 Å². The third-order valence-electron chi connectivity index (χ3n) is 5.38. The zero-order valence-electron chi connectivity index (χ0n) is 18.9. The summed E-state index contributed by atoms with van der Waals surface area (Å²) in [5.74, 6) is 2.30. The molecule has 3 atom stereocenters. The van der Waals surface area contributed by atoms with E-state index in [4.69, 9.17) is 23.7 Å². The lowest BCUT2D eigenvalue weighted by atomic mass is 9.87. The summed E-state index contributed by atoms with van der Waals surface area (Å²) in [6.07, 6.45) is 1.55. The largest absolute Gasteiger partial charge is 0.493 e. The highest BCUT2D eigenvalue weighted by molar-refractivity contribution is 5.73. The maximum absolute atomic E-state index is 12.3. The Morgan fingerprint density at radius 2 is 1.97 bits per heavy atom. The van der Waals surface area contributed by atoms with Gasteiger partial charge in [0.2, 0.25) is 0 Å². The molecule has 2 rings (SSSR count). The van der Waals surface area contributed by atoms with Crippen LogP contribution in [-0.4, -0.2) is 59.2 Å². The Labute approximate surface area is 180 Å². The van der Waals surface area contributed by atoms with E-state index in [1.165, 1.54) is 0 Å². The molecule has 1 aliphatic heterocycles. The number of hydrogen-bond acceptors (Lipinski definition) is 7. The average Bonchev–Trinajstić information content (AvgIpc) is 3.19. The minimum absolute atomic E-state index is 0.0263. The van der Waals surface area contributed by atoms with Crippen molar-refractivity contribution in [2.24, 2.45) is 17.8 Å². The maximum Gasteiger partial charge on any atom is 0.310 e. The molecule has 1 N–H and O–H groups in total. The molecular formula is C23H37NO6. The second-order valence-electron chi connectivity index (χ2n) is 7.92. The number of benzene rings is 1. The Bertz CT molecular complexity index is 651. The molecule has 1 aromatic carbocycles. The molecular weight excluding hydrogens is 386 g/mol. The fourth-order valence-electron chi connectivity index (χ4n) is 3.66. The third kappa shape index (κ3) is 7.06. The van der Waals surface area contributed by atoms with Gasteiger partial charge in [-0.3, -0.25) is 4.79 Å². The van der Waals surface area contributed by atoms with E-state index >= 15 is 0 Å². The van der Waals surface area contributed by atoms with Gasteiger partial charge in [-0.2, -0.15) is 0 Å². The van der Waals surface area contributed by atoms with Crippen LogP contribution in [-0.2, 0) is 14.3 Å². The quantitative estimate of drug-likeness (QED) is 0.385. The summed E-state index contributed by atoms with van der Waals surface area (Å²) in [5.41, 5.74) is 0. The Morgan fingerprint density at radius 3 is 2.63 bits per heavy atom. The summed E-state index contributed by atoms with van der Waals surface area (Å²) >= 11 is 0.